The summed E-state index contributed by atoms with van der Waals surface area (Å²) in [6.07, 6.45) is 5.34. The van der Waals surface area contributed by atoms with Crippen LogP contribution in [0.15, 0.2) is 30.0 Å². The van der Waals surface area contributed by atoms with Gasteiger partial charge >= 0.3 is 6.03 Å². The molecule has 7 nitrogen and oxygen atoms in total. The predicted molar refractivity (Wildman–Crippen MR) is 111 cm³/mol. The van der Waals surface area contributed by atoms with Gasteiger partial charge in [-0.25, -0.2) is 4.79 Å². The first-order chi connectivity index (χ1) is 14.2. The lowest BCUT2D eigenvalue weighted by Gasteiger charge is -2.37. The highest BCUT2D eigenvalue weighted by molar-refractivity contribution is 5.96. The van der Waals surface area contributed by atoms with Gasteiger partial charge in [0.25, 0.3) is 0 Å². The van der Waals surface area contributed by atoms with Gasteiger partial charge in [-0.05, 0) is 44.2 Å². The highest BCUT2D eigenvalue weighted by atomic mass is 16.5. The molecule has 1 aromatic carbocycles. The van der Waals surface area contributed by atoms with Gasteiger partial charge in [-0.2, -0.15) is 10.4 Å². The number of allylic oxidation sites excluding steroid dienone is 1. The summed E-state index contributed by atoms with van der Waals surface area (Å²) < 4.78 is 5.68. The van der Waals surface area contributed by atoms with Crippen molar-refractivity contribution in [2.24, 2.45) is 0 Å². The zero-order valence-corrected chi connectivity index (χ0v) is 16.9. The van der Waals surface area contributed by atoms with Gasteiger partial charge in [-0.15, -0.1) is 0 Å². The van der Waals surface area contributed by atoms with Crippen LogP contribution in [0, 0.1) is 11.3 Å². The largest absolute Gasteiger partial charge is 0.378 e. The molecule has 2 saturated heterocycles. The third-order valence-corrected chi connectivity index (χ3v) is 5.97. The number of urea groups is 1. The van der Waals surface area contributed by atoms with Crippen LogP contribution >= 0.6 is 0 Å². The second-order valence-electron chi connectivity index (χ2n) is 7.64. The van der Waals surface area contributed by atoms with Crippen LogP contribution in [-0.4, -0.2) is 64.9 Å². The Labute approximate surface area is 170 Å². The van der Waals surface area contributed by atoms with Crippen molar-refractivity contribution in [1.82, 2.24) is 20.0 Å². The highest BCUT2D eigenvalue weighted by Gasteiger charge is 2.29. The molecule has 0 aliphatic carbocycles. The van der Waals surface area contributed by atoms with Gasteiger partial charge in [0.15, 0.2) is 0 Å². The molecule has 0 radical (unpaired) electrons. The summed E-state index contributed by atoms with van der Waals surface area (Å²) in [5.74, 6) is 0. The number of fused-ring (bicyclic) bond motifs is 1. The van der Waals surface area contributed by atoms with Crippen molar-refractivity contribution in [2.45, 2.75) is 38.7 Å². The van der Waals surface area contributed by atoms with Gasteiger partial charge in [0.2, 0.25) is 0 Å². The first-order valence-electron chi connectivity index (χ1n) is 10.4. The Balaban J connectivity index is 1.43. The number of ether oxygens (including phenoxy) is 1. The number of H-pyrrole nitrogens is 1. The van der Waals surface area contributed by atoms with E-state index in [9.17, 15) is 10.1 Å². The van der Waals surface area contributed by atoms with E-state index < -0.39 is 0 Å². The maximum Gasteiger partial charge on any atom is 0.320 e. The number of carbonyl (C=O) groups is 1. The third-order valence-electron chi connectivity index (χ3n) is 5.97. The average molecular weight is 393 g/mol. The Kier molecular flexibility index (Phi) is 5.81. The van der Waals surface area contributed by atoms with Crippen molar-refractivity contribution >= 4 is 22.5 Å². The minimum absolute atomic E-state index is 0.120. The molecular weight excluding hydrogens is 366 g/mol. The van der Waals surface area contributed by atoms with E-state index in [1.54, 1.807) is 6.20 Å². The lowest BCUT2D eigenvalue weighted by molar-refractivity contribution is 0.0182. The van der Waals surface area contributed by atoms with Crippen LogP contribution in [0.5, 0.6) is 0 Å². The van der Waals surface area contributed by atoms with E-state index in [-0.39, 0.29) is 12.1 Å². The first-order valence-corrected chi connectivity index (χ1v) is 10.4. The summed E-state index contributed by atoms with van der Waals surface area (Å²) in [4.78, 5) is 16.8. The van der Waals surface area contributed by atoms with Crippen LogP contribution in [0.3, 0.4) is 0 Å². The number of hydrogen-bond acceptors (Lipinski definition) is 4. The number of benzene rings is 1. The quantitative estimate of drug-likeness (QED) is 0.808. The minimum atomic E-state index is 0.120. The van der Waals surface area contributed by atoms with E-state index in [0.717, 1.165) is 73.0 Å². The normalized spacial score (nSPS) is 18.1. The molecule has 2 fully saturated rings. The zero-order chi connectivity index (χ0) is 20.2. The van der Waals surface area contributed by atoms with Crippen LogP contribution in [0.1, 0.15) is 38.2 Å². The van der Waals surface area contributed by atoms with Crippen molar-refractivity contribution in [3.05, 3.63) is 35.5 Å². The van der Waals surface area contributed by atoms with Crippen molar-refractivity contribution in [2.75, 3.05) is 32.8 Å². The van der Waals surface area contributed by atoms with Crippen LogP contribution in [0.25, 0.3) is 16.5 Å². The van der Waals surface area contributed by atoms with E-state index in [2.05, 4.69) is 16.3 Å². The molecule has 2 amide bonds. The van der Waals surface area contributed by atoms with Gasteiger partial charge in [0.1, 0.15) is 0 Å². The fraction of sp³-hybridized carbons (Fsp3) is 0.500. The van der Waals surface area contributed by atoms with E-state index in [0.29, 0.717) is 13.1 Å². The van der Waals surface area contributed by atoms with Crippen molar-refractivity contribution in [3.8, 4) is 6.07 Å². The molecule has 4 rings (SSSR count). The topological polar surface area (TPSA) is 85.2 Å². The number of likely N-dealkylation sites (tertiary alicyclic amines) is 2. The van der Waals surface area contributed by atoms with E-state index in [4.69, 9.17) is 4.74 Å². The summed E-state index contributed by atoms with van der Waals surface area (Å²) in [7, 11) is 0. The van der Waals surface area contributed by atoms with Gasteiger partial charge in [-0.3, -0.25) is 5.10 Å². The third kappa shape index (κ3) is 3.99. The van der Waals surface area contributed by atoms with E-state index in [1.807, 2.05) is 34.9 Å². The second-order valence-corrected chi connectivity index (χ2v) is 7.64. The Hall–Kier alpha value is -2.85. The molecule has 1 aromatic heterocycles. The Morgan fingerprint density at radius 3 is 2.66 bits per heavy atom. The number of nitriles is 1. The standard InChI is InChI=1S/C22H27N5O2/c1-2-29-17-8-12-27(13-9-17)22(28)26-10-6-16(7-11-26)19(14-23)18-4-3-5-21-20(18)15-24-25-21/h3-5,15,17H,2,6-13H2,1H3,(H,24,25). The number of nitrogens with one attached hydrogen (secondary N) is 1. The summed E-state index contributed by atoms with van der Waals surface area (Å²) in [5.41, 5.74) is 3.70. The van der Waals surface area contributed by atoms with Crippen molar-refractivity contribution in [3.63, 3.8) is 0 Å². The maximum atomic E-state index is 12.9. The van der Waals surface area contributed by atoms with Crippen LogP contribution in [-0.2, 0) is 4.74 Å². The number of rotatable bonds is 3. The Morgan fingerprint density at radius 1 is 1.24 bits per heavy atom. The molecule has 0 bridgehead atoms. The van der Waals surface area contributed by atoms with E-state index in [1.165, 1.54) is 0 Å². The molecular formula is C22H27N5O2. The number of aromatic amines is 1. The van der Waals surface area contributed by atoms with Gasteiger partial charge < -0.3 is 14.5 Å². The number of amides is 2. The predicted octanol–water partition coefficient (Wildman–Crippen LogP) is 3.56. The lowest BCUT2D eigenvalue weighted by atomic mass is 9.92. The fourth-order valence-corrected chi connectivity index (χ4v) is 4.38. The Bertz CT molecular complexity index is 940. The molecule has 29 heavy (non-hydrogen) atoms. The highest BCUT2D eigenvalue weighted by Crippen LogP contribution is 2.31. The van der Waals surface area contributed by atoms with Gasteiger partial charge in [-0.1, -0.05) is 12.1 Å². The molecule has 3 heterocycles. The zero-order valence-electron chi connectivity index (χ0n) is 16.9. The molecule has 0 atom stereocenters. The van der Waals surface area contributed by atoms with Gasteiger partial charge in [0.05, 0.1) is 29.5 Å². The maximum absolute atomic E-state index is 12.9. The first kappa shape index (κ1) is 19.5. The minimum Gasteiger partial charge on any atom is -0.378 e. The van der Waals surface area contributed by atoms with Crippen molar-refractivity contribution in [1.29, 1.82) is 5.26 Å². The molecule has 0 unspecified atom stereocenters. The molecule has 152 valence electrons. The number of carbonyl (C=O) groups excluding carboxylic acids is 1. The SMILES string of the molecule is CCOC1CCN(C(=O)N2CCC(=C(C#N)c3cccc4[nH]ncc34)CC2)CC1. The average Bonchev–Trinajstić information content (AvgIpc) is 3.25. The molecule has 0 saturated carbocycles. The molecule has 7 heteroatoms. The van der Waals surface area contributed by atoms with Gasteiger partial charge in [0, 0.05) is 43.7 Å². The molecule has 1 N–H and O–H groups in total. The van der Waals surface area contributed by atoms with Crippen molar-refractivity contribution < 1.29 is 9.53 Å². The fourth-order valence-electron chi connectivity index (χ4n) is 4.38. The molecule has 2 aliphatic heterocycles. The summed E-state index contributed by atoms with van der Waals surface area (Å²) in [6, 6.07) is 8.40. The summed E-state index contributed by atoms with van der Waals surface area (Å²) in [6.45, 7) is 5.58. The number of aromatic nitrogens is 2. The number of piperidine rings is 2. The van der Waals surface area contributed by atoms with E-state index >= 15 is 0 Å². The second kappa shape index (κ2) is 8.66. The smallest absolute Gasteiger partial charge is 0.320 e. The Morgan fingerprint density at radius 2 is 1.97 bits per heavy atom. The lowest BCUT2D eigenvalue weighted by Crippen LogP contribution is -2.49. The van der Waals surface area contributed by atoms with Crippen LogP contribution in [0.4, 0.5) is 4.79 Å². The van der Waals surface area contributed by atoms with Crippen LogP contribution < -0.4 is 0 Å². The van der Waals surface area contributed by atoms with Crippen LogP contribution in [0.2, 0.25) is 0 Å². The molecule has 0 spiro atoms. The number of hydrogen-bond donors (Lipinski definition) is 1. The number of nitrogens with zero attached hydrogens (tertiary/aromatic N) is 4. The molecule has 2 aliphatic rings. The monoisotopic (exact) mass is 393 g/mol. The summed E-state index contributed by atoms with van der Waals surface area (Å²) >= 11 is 0. The summed E-state index contributed by atoms with van der Waals surface area (Å²) in [5, 5.41) is 17.9. The molecule has 2 aromatic rings.